The molecule has 0 bridgehead atoms. The van der Waals surface area contributed by atoms with Crippen molar-refractivity contribution in [3.8, 4) is 0 Å². The zero-order valence-electron chi connectivity index (χ0n) is 8.30. The summed E-state index contributed by atoms with van der Waals surface area (Å²) in [5.41, 5.74) is 0.882. The molecule has 5 heteroatoms. The number of hydrogen-bond acceptors (Lipinski definition) is 4. The smallest absolute Gasteiger partial charge is 0.116 e. The maximum absolute atomic E-state index is 9.04. The molecule has 0 atom stereocenters. The molecule has 2 rings (SSSR count). The molecule has 2 aromatic rings. The van der Waals surface area contributed by atoms with Crippen molar-refractivity contribution >= 4 is 27.7 Å². The number of aromatic nitrogens is 2. The zero-order chi connectivity index (χ0) is 11.4. The van der Waals surface area contributed by atoms with Crippen LogP contribution >= 0.6 is 27.7 Å². The Morgan fingerprint density at radius 3 is 2.81 bits per heavy atom. The van der Waals surface area contributed by atoms with Gasteiger partial charge in [-0.15, -0.1) is 0 Å². The predicted octanol–water partition coefficient (Wildman–Crippen LogP) is 2.88. The second-order valence-electron chi connectivity index (χ2n) is 3.06. The van der Waals surface area contributed by atoms with E-state index in [2.05, 4.69) is 25.9 Å². The molecular formula is C11H9BrN2OS. The Morgan fingerprint density at radius 1 is 1.31 bits per heavy atom. The SMILES string of the molecule is OCc1ccc(Sc2ccncn2)cc1Br. The van der Waals surface area contributed by atoms with Crippen LogP contribution in [-0.2, 0) is 6.61 Å². The molecule has 3 nitrogen and oxygen atoms in total. The summed E-state index contributed by atoms with van der Waals surface area (Å²) in [6, 6.07) is 7.69. The van der Waals surface area contributed by atoms with Crippen LogP contribution in [0.3, 0.4) is 0 Å². The third-order valence-electron chi connectivity index (χ3n) is 1.97. The largest absolute Gasteiger partial charge is 0.392 e. The number of halogens is 1. The van der Waals surface area contributed by atoms with Crippen LogP contribution in [0, 0.1) is 0 Å². The predicted molar refractivity (Wildman–Crippen MR) is 66.2 cm³/mol. The molecule has 0 unspecified atom stereocenters. The number of benzene rings is 1. The van der Waals surface area contributed by atoms with Crippen molar-refractivity contribution in [2.75, 3.05) is 0 Å². The zero-order valence-corrected chi connectivity index (χ0v) is 10.7. The molecule has 0 amide bonds. The van der Waals surface area contributed by atoms with Gasteiger partial charge in [0.05, 0.1) is 6.61 Å². The van der Waals surface area contributed by atoms with Gasteiger partial charge in [-0.1, -0.05) is 33.8 Å². The molecule has 1 heterocycles. The Balaban J connectivity index is 2.20. The van der Waals surface area contributed by atoms with Gasteiger partial charge in [0, 0.05) is 15.6 Å². The standard InChI is InChI=1S/C11H9BrN2OS/c12-10-5-9(2-1-8(10)6-15)16-11-3-4-13-7-14-11/h1-5,7,15H,6H2. The molecule has 1 N–H and O–H groups in total. The van der Waals surface area contributed by atoms with Gasteiger partial charge in [0.1, 0.15) is 11.4 Å². The molecule has 1 aromatic heterocycles. The van der Waals surface area contributed by atoms with E-state index in [0.29, 0.717) is 0 Å². The first-order chi connectivity index (χ1) is 7.79. The van der Waals surface area contributed by atoms with E-state index in [1.165, 1.54) is 6.33 Å². The van der Waals surface area contributed by atoms with Crippen LogP contribution in [0.15, 0.2) is 51.2 Å². The van der Waals surface area contributed by atoms with Crippen molar-refractivity contribution in [1.29, 1.82) is 0 Å². The van der Waals surface area contributed by atoms with Gasteiger partial charge in [-0.2, -0.15) is 0 Å². The maximum atomic E-state index is 9.04. The summed E-state index contributed by atoms with van der Waals surface area (Å²) in [4.78, 5) is 9.07. The number of aliphatic hydroxyl groups excluding tert-OH is 1. The van der Waals surface area contributed by atoms with Gasteiger partial charge in [0.25, 0.3) is 0 Å². The van der Waals surface area contributed by atoms with Crippen molar-refractivity contribution in [3.63, 3.8) is 0 Å². The Hall–Kier alpha value is -0.910. The first kappa shape index (κ1) is 11.6. The molecule has 16 heavy (non-hydrogen) atoms. The van der Waals surface area contributed by atoms with Crippen LogP contribution in [0.25, 0.3) is 0 Å². The molecule has 0 aliphatic carbocycles. The van der Waals surface area contributed by atoms with Gasteiger partial charge in [-0.25, -0.2) is 9.97 Å². The third kappa shape index (κ3) is 2.81. The first-order valence-electron chi connectivity index (χ1n) is 4.63. The van der Waals surface area contributed by atoms with Gasteiger partial charge in [0.2, 0.25) is 0 Å². The minimum absolute atomic E-state index is 0.0407. The van der Waals surface area contributed by atoms with Gasteiger partial charge >= 0.3 is 0 Å². The van der Waals surface area contributed by atoms with E-state index in [-0.39, 0.29) is 6.61 Å². The Kier molecular flexibility index (Phi) is 3.93. The van der Waals surface area contributed by atoms with E-state index >= 15 is 0 Å². The van der Waals surface area contributed by atoms with Crippen molar-refractivity contribution in [2.24, 2.45) is 0 Å². The molecule has 0 aliphatic heterocycles. The van der Waals surface area contributed by atoms with E-state index in [4.69, 9.17) is 5.11 Å². The van der Waals surface area contributed by atoms with Crippen LogP contribution in [0.4, 0.5) is 0 Å². The molecule has 0 saturated heterocycles. The molecule has 82 valence electrons. The van der Waals surface area contributed by atoms with Crippen LogP contribution < -0.4 is 0 Å². The van der Waals surface area contributed by atoms with Crippen LogP contribution in [0.1, 0.15) is 5.56 Å². The highest BCUT2D eigenvalue weighted by atomic mass is 79.9. The number of aliphatic hydroxyl groups is 1. The average Bonchev–Trinajstić information content (AvgIpc) is 2.31. The summed E-state index contributed by atoms with van der Waals surface area (Å²) in [5.74, 6) is 0. The summed E-state index contributed by atoms with van der Waals surface area (Å²) < 4.78 is 0.911. The monoisotopic (exact) mass is 296 g/mol. The van der Waals surface area contributed by atoms with Crippen LogP contribution in [-0.4, -0.2) is 15.1 Å². The van der Waals surface area contributed by atoms with Gasteiger partial charge < -0.3 is 5.11 Å². The average molecular weight is 297 g/mol. The summed E-state index contributed by atoms with van der Waals surface area (Å²) >= 11 is 4.97. The van der Waals surface area contributed by atoms with Gasteiger partial charge in [-0.3, -0.25) is 0 Å². The molecule has 0 aliphatic rings. The second-order valence-corrected chi connectivity index (χ2v) is 5.01. The Morgan fingerprint density at radius 2 is 2.19 bits per heavy atom. The van der Waals surface area contributed by atoms with Crippen LogP contribution in [0.5, 0.6) is 0 Å². The highest BCUT2D eigenvalue weighted by Gasteiger charge is 2.02. The van der Waals surface area contributed by atoms with E-state index in [0.717, 1.165) is 20.0 Å². The molecular weight excluding hydrogens is 288 g/mol. The Labute approximate surface area is 106 Å². The summed E-state index contributed by atoms with van der Waals surface area (Å²) in [6.45, 7) is 0.0407. The van der Waals surface area contributed by atoms with Crippen molar-refractivity contribution in [2.45, 2.75) is 16.5 Å². The molecule has 1 aromatic carbocycles. The van der Waals surface area contributed by atoms with E-state index in [1.807, 2.05) is 24.3 Å². The lowest BCUT2D eigenvalue weighted by molar-refractivity contribution is 0.281. The molecule has 0 saturated carbocycles. The lowest BCUT2D eigenvalue weighted by atomic mass is 10.2. The quantitative estimate of drug-likeness (QED) is 0.885. The fourth-order valence-corrected chi connectivity index (χ4v) is 2.62. The van der Waals surface area contributed by atoms with E-state index in [1.54, 1.807) is 18.0 Å². The molecule has 0 fully saturated rings. The minimum atomic E-state index is 0.0407. The van der Waals surface area contributed by atoms with Crippen LogP contribution in [0.2, 0.25) is 0 Å². The summed E-state index contributed by atoms with van der Waals surface area (Å²) in [5, 5.41) is 9.94. The minimum Gasteiger partial charge on any atom is -0.392 e. The summed E-state index contributed by atoms with van der Waals surface area (Å²) in [6.07, 6.45) is 3.24. The number of hydrogen-bond donors (Lipinski definition) is 1. The highest BCUT2D eigenvalue weighted by Crippen LogP contribution is 2.29. The lowest BCUT2D eigenvalue weighted by Gasteiger charge is -2.04. The topological polar surface area (TPSA) is 46.0 Å². The van der Waals surface area contributed by atoms with E-state index in [9.17, 15) is 0 Å². The normalized spacial score (nSPS) is 10.4. The van der Waals surface area contributed by atoms with E-state index < -0.39 is 0 Å². The fourth-order valence-electron chi connectivity index (χ4n) is 1.18. The fraction of sp³-hybridized carbons (Fsp3) is 0.0909. The van der Waals surface area contributed by atoms with Gasteiger partial charge in [0.15, 0.2) is 0 Å². The first-order valence-corrected chi connectivity index (χ1v) is 6.23. The van der Waals surface area contributed by atoms with Crippen molar-refractivity contribution < 1.29 is 5.11 Å². The molecule has 0 radical (unpaired) electrons. The maximum Gasteiger partial charge on any atom is 0.116 e. The third-order valence-corrected chi connectivity index (χ3v) is 3.65. The van der Waals surface area contributed by atoms with Crippen molar-refractivity contribution in [1.82, 2.24) is 9.97 Å². The van der Waals surface area contributed by atoms with Crippen molar-refractivity contribution in [3.05, 3.63) is 46.8 Å². The Bertz CT molecular complexity index is 479. The lowest BCUT2D eigenvalue weighted by Crippen LogP contribution is -1.86. The number of nitrogens with zero attached hydrogens (tertiary/aromatic N) is 2. The second kappa shape index (κ2) is 5.43. The molecule has 0 spiro atoms. The highest BCUT2D eigenvalue weighted by molar-refractivity contribution is 9.10. The van der Waals surface area contributed by atoms with Gasteiger partial charge in [-0.05, 0) is 23.8 Å². The number of rotatable bonds is 3. The summed E-state index contributed by atoms with van der Waals surface area (Å²) in [7, 11) is 0.